The van der Waals surface area contributed by atoms with E-state index in [2.05, 4.69) is 63.0 Å². The first-order chi connectivity index (χ1) is 16.4. The molecule has 0 saturated heterocycles. The number of hydrogen-bond acceptors (Lipinski definition) is 6. The largest absolute Gasteiger partial charge is 0.276 e. The molecule has 0 N–H and O–H groups in total. The Morgan fingerprint density at radius 3 is 2.03 bits per heavy atom. The van der Waals surface area contributed by atoms with Crippen LogP contribution < -0.4 is 5.56 Å². The van der Waals surface area contributed by atoms with Crippen molar-refractivity contribution in [1.29, 1.82) is 5.26 Å². The van der Waals surface area contributed by atoms with Gasteiger partial charge in [-0.05, 0) is 28.8 Å². The fourth-order valence-corrected chi connectivity index (χ4v) is 10.7. The summed E-state index contributed by atoms with van der Waals surface area (Å²) in [7, 11) is -5.92. The van der Waals surface area contributed by atoms with E-state index in [-0.39, 0.29) is 16.8 Å². The fourth-order valence-electron chi connectivity index (χ4n) is 4.99. The number of nitrogens with zero attached hydrogens (tertiary/aromatic N) is 4. The number of para-hydroxylation sites is 1. The second kappa shape index (κ2) is 9.77. The zero-order valence-corrected chi connectivity index (χ0v) is 22.9. The molecule has 0 atom stereocenters. The first kappa shape index (κ1) is 26.3. The van der Waals surface area contributed by atoms with Crippen molar-refractivity contribution in [2.45, 2.75) is 63.3 Å². The van der Waals surface area contributed by atoms with Crippen LogP contribution in [0.5, 0.6) is 0 Å². The molecule has 0 radical (unpaired) electrons. The van der Waals surface area contributed by atoms with Crippen LogP contribution in [0.2, 0.25) is 16.6 Å². The van der Waals surface area contributed by atoms with Gasteiger partial charge in [-0.1, -0.05) is 65.7 Å². The van der Waals surface area contributed by atoms with E-state index in [0.29, 0.717) is 27.7 Å². The third-order valence-electron chi connectivity index (χ3n) is 6.62. The molecule has 0 aliphatic heterocycles. The molecule has 35 heavy (non-hydrogen) atoms. The zero-order valence-electron chi connectivity index (χ0n) is 21.1. The van der Waals surface area contributed by atoms with Gasteiger partial charge in [-0.15, -0.1) is 5.54 Å². The Morgan fingerprint density at radius 1 is 0.971 bits per heavy atom. The second-order valence-electron chi connectivity index (χ2n) is 9.65. The summed E-state index contributed by atoms with van der Waals surface area (Å²) in [6.45, 7) is 13.1. The van der Waals surface area contributed by atoms with Gasteiger partial charge in [0, 0.05) is 12.5 Å². The van der Waals surface area contributed by atoms with Gasteiger partial charge in [0.05, 0.1) is 16.6 Å². The lowest BCUT2D eigenvalue weighted by Crippen LogP contribution is -2.43. The summed E-state index contributed by atoms with van der Waals surface area (Å²) < 4.78 is 25.7. The molecule has 3 aromatic rings. The molecule has 0 unspecified atom stereocenters. The Bertz CT molecular complexity index is 1520. The molecule has 1 aromatic carbocycles. The number of fused-ring (bicyclic) bond motifs is 1. The fraction of sp³-hybridized carbons (Fsp3) is 0.385. The Kier molecular flexibility index (Phi) is 7.35. The highest BCUT2D eigenvalue weighted by Gasteiger charge is 2.41. The van der Waals surface area contributed by atoms with Crippen molar-refractivity contribution in [3.05, 3.63) is 58.0 Å². The topological polar surface area (TPSA) is 106 Å². The monoisotopic (exact) mass is 506 g/mol. The lowest BCUT2D eigenvalue weighted by molar-refractivity contribution is 0.593. The van der Waals surface area contributed by atoms with E-state index in [9.17, 15) is 18.5 Å². The Labute approximate surface area is 207 Å². The molecule has 0 bridgehead atoms. The Morgan fingerprint density at radius 2 is 1.54 bits per heavy atom. The van der Waals surface area contributed by atoms with Gasteiger partial charge in [-0.2, -0.15) is 10.2 Å². The Hall–Kier alpha value is -3.27. The van der Waals surface area contributed by atoms with Gasteiger partial charge < -0.3 is 0 Å². The van der Waals surface area contributed by atoms with Crippen LogP contribution >= 0.6 is 0 Å². The maximum Gasteiger partial charge on any atom is 0.276 e. The standard InChI is InChI=1S/C26H30N4O3SSi/c1-17(2)35(18(3)4,19(5)6)14-13-21-22(15-27)25(31)30(20-11-9-8-10-12-20)24-23(21)16-28-26(29-24)34(7,32)33/h8-12,16-19H,1-7H3. The third kappa shape index (κ3) is 4.66. The van der Waals surface area contributed by atoms with Crippen molar-refractivity contribution < 1.29 is 8.42 Å². The maximum absolute atomic E-state index is 13.6. The van der Waals surface area contributed by atoms with Crippen LogP contribution in [0.3, 0.4) is 0 Å². The molecular formula is C26H30N4O3SSi. The molecule has 9 heteroatoms. The van der Waals surface area contributed by atoms with Gasteiger partial charge in [-0.3, -0.25) is 9.36 Å². The summed E-state index contributed by atoms with van der Waals surface area (Å²) in [4.78, 5) is 21.9. The molecule has 0 aliphatic rings. The highest BCUT2D eigenvalue weighted by atomic mass is 32.2. The van der Waals surface area contributed by atoms with E-state index in [0.717, 1.165) is 6.26 Å². The summed E-state index contributed by atoms with van der Waals surface area (Å²) in [6, 6.07) is 10.7. The maximum atomic E-state index is 13.6. The SMILES string of the molecule is CC(C)[Si](C#Cc1c(C#N)c(=O)n(-c2ccccc2)c2nc(S(C)(=O)=O)ncc12)(C(C)C)C(C)C. The number of aromatic nitrogens is 3. The van der Waals surface area contributed by atoms with E-state index in [1.54, 1.807) is 30.3 Å². The lowest BCUT2D eigenvalue weighted by Gasteiger charge is -2.38. The summed E-state index contributed by atoms with van der Waals surface area (Å²) in [5, 5.41) is 9.98. The average Bonchev–Trinajstić information content (AvgIpc) is 2.78. The first-order valence-electron chi connectivity index (χ1n) is 11.5. The molecule has 2 aromatic heterocycles. The summed E-state index contributed by atoms with van der Waals surface area (Å²) in [5.41, 5.74) is 4.73. The highest BCUT2D eigenvalue weighted by Crippen LogP contribution is 2.41. The molecule has 2 heterocycles. The van der Waals surface area contributed by atoms with Crippen molar-refractivity contribution in [2.75, 3.05) is 6.26 Å². The van der Waals surface area contributed by atoms with Gasteiger partial charge in [0.15, 0.2) is 5.65 Å². The van der Waals surface area contributed by atoms with Crippen molar-refractivity contribution in [3.63, 3.8) is 0 Å². The normalized spacial score (nSPS) is 12.1. The van der Waals surface area contributed by atoms with Crippen molar-refractivity contribution >= 4 is 28.9 Å². The molecule has 7 nitrogen and oxygen atoms in total. The molecule has 182 valence electrons. The van der Waals surface area contributed by atoms with Gasteiger partial charge in [0.2, 0.25) is 15.0 Å². The van der Waals surface area contributed by atoms with E-state index < -0.39 is 28.6 Å². The summed E-state index contributed by atoms with van der Waals surface area (Å²) in [6.07, 6.45) is 2.36. The van der Waals surface area contributed by atoms with Crippen LogP contribution in [0.25, 0.3) is 16.7 Å². The van der Waals surface area contributed by atoms with Crippen LogP contribution in [0, 0.1) is 22.8 Å². The first-order valence-corrected chi connectivity index (χ1v) is 15.6. The quantitative estimate of drug-likeness (QED) is 0.284. The smallest absolute Gasteiger partial charge is 0.267 e. The lowest BCUT2D eigenvalue weighted by atomic mass is 10.1. The molecule has 3 rings (SSSR count). The molecule has 0 amide bonds. The zero-order chi connectivity index (χ0) is 26.1. The van der Waals surface area contributed by atoms with Crippen LogP contribution in [-0.2, 0) is 9.84 Å². The molecular weight excluding hydrogens is 476 g/mol. The minimum absolute atomic E-state index is 0.103. The van der Waals surface area contributed by atoms with Crippen LogP contribution in [0.4, 0.5) is 0 Å². The number of sulfone groups is 1. The number of hydrogen-bond donors (Lipinski definition) is 0. The molecule has 0 fully saturated rings. The Balaban J connectivity index is 2.53. The van der Waals surface area contributed by atoms with Crippen LogP contribution in [-0.4, -0.2) is 37.3 Å². The number of benzene rings is 1. The highest BCUT2D eigenvalue weighted by molar-refractivity contribution is 7.90. The van der Waals surface area contributed by atoms with E-state index in [1.807, 2.05) is 6.07 Å². The van der Waals surface area contributed by atoms with Crippen molar-refractivity contribution in [3.8, 4) is 23.2 Å². The molecule has 0 spiro atoms. The molecule has 0 aliphatic carbocycles. The van der Waals surface area contributed by atoms with E-state index in [1.165, 1.54) is 10.8 Å². The van der Waals surface area contributed by atoms with Gasteiger partial charge in [0.25, 0.3) is 5.56 Å². The van der Waals surface area contributed by atoms with Gasteiger partial charge in [0.1, 0.15) is 19.7 Å². The van der Waals surface area contributed by atoms with Crippen LogP contribution in [0.15, 0.2) is 46.5 Å². The molecule has 0 saturated carbocycles. The predicted octanol–water partition coefficient (Wildman–Crippen LogP) is 4.63. The summed E-state index contributed by atoms with van der Waals surface area (Å²) in [5.74, 6) is 3.22. The number of nitriles is 1. The van der Waals surface area contributed by atoms with Gasteiger partial charge in [-0.25, -0.2) is 13.4 Å². The predicted molar refractivity (Wildman–Crippen MR) is 141 cm³/mol. The van der Waals surface area contributed by atoms with Crippen LogP contribution in [0.1, 0.15) is 52.7 Å². The summed E-state index contributed by atoms with van der Waals surface area (Å²) >= 11 is 0. The number of pyridine rings is 1. The minimum atomic E-state index is -3.74. The second-order valence-corrected chi connectivity index (χ2v) is 17.1. The number of rotatable bonds is 5. The average molecular weight is 507 g/mol. The van der Waals surface area contributed by atoms with Crippen molar-refractivity contribution in [1.82, 2.24) is 14.5 Å². The van der Waals surface area contributed by atoms with Crippen molar-refractivity contribution in [2.24, 2.45) is 0 Å². The van der Waals surface area contributed by atoms with E-state index in [4.69, 9.17) is 0 Å². The van der Waals surface area contributed by atoms with E-state index >= 15 is 0 Å². The third-order valence-corrected chi connectivity index (χ3v) is 13.8. The van der Waals surface area contributed by atoms with Gasteiger partial charge >= 0.3 is 0 Å². The minimum Gasteiger partial charge on any atom is -0.267 e.